The van der Waals surface area contributed by atoms with Crippen molar-refractivity contribution in [2.75, 3.05) is 7.11 Å². The summed E-state index contributed by atoms with van der Waals surface area (Å²) in [5, 5.41) is 0. The minimum absolute atomic E-state index is 0.0202. The second-order valence-corrected chi connectivity index (χ2v) is 2.94. The molecule has 2 rings (SSSR count). The van der Waals surface area contributed by atoms with E-state index < -0.39 is 0 Å². The summed E-state index contributed by atoms with van der Waals surface area (Å²) in [6.45, 7) is 1.50. The van der Waals surface area contributed by atoms with Crippen molar-refractivity contribution in [3.8, 4) is 5.75 Å². The van der Waals surface area contributed by atoms with Gasteiger partial charge in [-0.2, -0.15) is 0 Å². The van der Waals surface area contributed by atoms with Crippen LogP contribution in [0.3, 0.4) is 0 Å². The van der Waals surface area contributed by atoms with Gasteiger partial charge in [-0.15, -0.1) is 0 Å². The number of Topliss-reactive ketones (excluding diaryl/α,β-unsaturated/α-hetero) is 1. The molecule has 0 radical (unpaired) electrons. The van der Waals surface area contributed by atoms with Crippen LogP contribution in [0.1, 0.15) is 17.3 Å². The third kappa shape index (κ3) is 1.25. The molecule has 0 unspecified atom stereocenters. The highest BCUT2D eigenvalue weighted by atomic mass is 16.5. The van der Waals surface area contributed by atoms with Crippen LogP contribution in [0.25, 0.3) is 11.1 Å². The standard InChI is InChI=1S/C10H9NO3/c1-6(12)7-3-8-10(14-5-11-8)9(4-7)13-2/h3-5H,1-2H3. The summed E-state index contributed by atoms with van der Waals surface area (Å²) in [7, 11) is 1.53. The van der Waals surface area contributed by atoms with E-state index in [-0.39, 0.29) is 5.78 Å². The molecule has 0 N–H and O–H groups in total. The molecule has 72 valence electrons. The summed E-state index contributed by atoms with van der Waals surface area (Å²) in [5.41, 5.74) is 1.77. The highest BCUT2D eigenvalue weighted by molar-refractivity contribution is 5.98. The number of rotatable bonds is 2. The van der Waals surface area contributed by atoms with Gasteiger partial charge in [0.1, 0.15) is 5.52 Å². The largest absolute Gasteiger partial charge is 0.493 e. The number of carbonyl (C=O) groups excluding carboxylic acids is 1. The van der Waals surface area contributed by atoms with Gasteiger partial charge in [0.2, 0.25) is 0 Å². The fourth-order valence-corrected chi connectivity index (χ4v) is 1.29. The van der Waals surface area contributed by atoms with E-state index in [2.05, 4.69) is 4.98 Å². The van der Waals surface area contributed by atoms with Crippen molar-refractivity contribution in [1.82, 2.24) is 4.98 Å². The minimum Gasteiger partial charge on any atom is -0.493 e. The number of ether oxygens (including phenoxy) is 1. The number of methoxy groups -OCH3 is 1. The number of ketones is 1. The van der Waals surface area contributed by atoms with Crippen LogP contribution in [-0.2, 0) is 0 Å². The smallest absolute Gasteiger partial charge is 0.196 e. The molecule has 0 spiro atoms. The van der Waals surface area contributed by atoms with E-state index in [9.17, 15) is 4.79 Å². The van der Waals surface area contributed by atoms with Crippen molar-refractivity contribution in [2.45, 2.75) is 6.92 Å². The van der Waals surface area contributed by atoms with Gasteiger partial charge < -0.3 is 9.15 Å². The maximum atomic E-state index is 11.2. The van der Waals surface area contributed by atoms with E-state index in [1.54, 1.807) is 12.1 Å². The summed E-state index contributed by atoms with van der Waals surface area (Å²) in [6.07, 6.45) is 1.33. The lowest BCUT2D eigenvalue weighted by atomic mass is 10.1. The quantitative estimate of drug-likeness (QED) is 0.681. The third-order valence-electron chi connectivity index (χ3n) is 2.02. The maximum absolute atomic E-state index is 11.2. The molecular formula is C10H9NO3. The predicted octanol–water partition coefficient (Wildman–Crippen LogP) is 2.04. The molecule has 0 saturated heterocycles. The molecule has 0 fully saturated rings. The Balaban J connectivity index is 2.73. The Kier molecular flexibility index (Phi) is 1.96. The summed E-state index contributed by atoms with van der Waals surface area (Å²) in [6, 6.07) is 3.33. The topological polar surface area (TPSA) is 52.3 Å². The number of aromatic nitrogens is 1. The number of fused-ring (bicyclic) bond motifs is 1. The highest BCUT2D eigenvalue weighted by Gasteiger charge is 2.10. The fourth-order valence-electron chi connectivity index (χ4n) is 1.29. The lowest BCUT2D eigenvalue weighted by Crippen LogP contribution is -1.93. The molecule has 4 heteroatoms. The first-order valence-electron chi connectivity index (χ1n) is 4.14. The molecule has 1 heterocycles. The molecule has 0 atom stereocenters. The minimum atomic E-state index is -0.0202. The maximum Gasteiger partial charge on any atom is 0.196 e. The Hall–Kier alpha value is -1.84. The highest BCUT2D eigenvalue weighted by Crippen LogP contribution is 2.26. The van der Waals surface area contributed by atoms with Gasteiger partial charge in [0.05, 0.1) is 7.11 Å². The van der Waals surface area contributed by atoms with Crippen LogP contribution in [-0.4, -0.2) is 17.9 Å². The molecule has 1 aromatic heterocycles. The van der Waals surface area contributed by atoms with E-state index >= 15 is 0 Å². The van der Waals surface area contributed by atoms with E-state index in [0.29, 0.717) is 22.4 Å². The van der Waals surface area contributed by atoms with Gasteiger partial charge in [-0.1, -0.05) is 0 Å². The number of oxazole rings is 1. The first kappa shape index (κ1) is 8.74. The Morgan fingerprint density at radius 2 is 2.29 bits per heavy atom. The Morgan fingerprint density at radius 1 is 1.50 bits per heavy atom. The van der Waals surface area contributed by atoms with Gasteiger partial charge in [0, 0.05) is 5.56 Å². The molecule has 0 saturated carbocycles. The summed E-state index contributed by atoms with van der Waals surface area (Å²) < 4.78 is 10.2. The lowest BCUT2D eigenvalue weighted by molar-refractivity contribution is 0.101. The summed E-state index contributed by atoms with van der Waals surface area (Å²) in [5.74, 6) is 0.512. The number of hydrogen-bond acceptors (Lipinski definition) is 4. The molecule has 1 aromatic carbocycles. The van der Waals surface area contributed by atoms with Crippen molar-refractivity contribution in [3.63, 3.8) is 0 Å². The molecule has 0 amide bonds. The predicted molar refractivity (Wildman–Crippen MR) is 50.6 cm³/mol. The first-order chi connectivity index (χ1) is 6.72. The van der Waals surface area contributed by atoms with Crippen molar-refractivity contribution in [2.24, 2.45) is 0 Å². The summed E-state index contributed by atoms with van der Waals surface area (Å²) >= 11 is 0. The van der Waals surface area contributed by atoms with Gasteiger partial charge in [0.25, 0.3) is 0 Å². The van der Waals surface area contributed by atoms with Gasteiger partial charge in [0.15, 0.2) is 23.5 Å². The number of nitrogens with zero attached hydrogens (tertiary/aromatic N) is 1. The number of hydrogen-bond donors (Lipinski definition) is 0. The lowest BCUT2D eigenvalue weighted by Gasteiger charge is -2.01. The molecule has 2 aromatic rings. The zero-order valence-electron chi connectivity index (χ0n) is 7.90. The van der Waals surface area contributed by atoms with Crippen LogP contribution in [0, 0.1) is 0 Å². The number of carbonyl (C=O) groups is 1. The van der Waals surface area contributed by atoms with E-state index in [0.717, 1.165) is 0 Å². The number of benzene rings is 1. The van der Waals surface area contributed by atoms with E-state index in [4.69, 9.17) is 9.15 Å². The van der Waals surface area contributed by atoms with Gasteiger partial charge in [-0.05, 0) is 19.1 Å². The van der Waals surface area contributed by atoms with Gasteiger partial charge >= 0.3 is 0 Å². The van der Waals surface area contributed by atoms with Crippen LogP contribution < -0.4 is 4.74 Å². The van der Waals surface area contributed by atoms with Crippen molar-refractivity contribution in [1.29, 1.82) is 0 Å². The molecular weight excluding hydrogens is 182 g/mol. The van der Waals surface area contributed by atoms with Crippen molar-refractivity contribution in [3.05, 3.63) is 24.1 Å². The van der Waals surface area contributed by atoms with Crippen molar-refractivity contribution < 1.29 is 13.9 Å². The molecule has 0 bridgehead atoms. The monoisotopic (exact) mass is 191 g/mol. The summed E-state index contributed by atoms with van der Waals surface area (Å²) in [4.78, 5) is 15.1. The second-order valence-electron chi connectivity index (χ2n) is 2.94. The van der Waals surface area contributed by atoms with E-state index in [1.807, 2.05) is 0 Å². The van der Waals surface area contributed by atoms with Gasteiger partial charge in [-0.25, -0.2) is 4.98 Å². The molecule has 4 nitrogen and oxygen atoms in total. The third-order valence-corrected chi connectivity index (χ3v) is 2.02. The molecule has 0 aliphatic heterocycles. The zero-order valence-corrected chi connectivity index (χ0v) is 7.90. The van der Waals surface area contributed by atoms with Crippen LogP contribution in [0.15, 0.2) is 22.9 Å². The van der Waals surface area contributed by atoms with Crippen molar-refractivity contribution >= 4 is 16.9 Å². The zero-order chi connectivity index (χ0) is 10.1. The van der Waals surface area contributed by atoms with Gasteiger partial charge in [-0.3, -0.25) is 4.79 Å². The van der Waals surface area contributed by atoms with Crippen LogP contribution in [0.5, 0.6) is 5.75 Å². The fraction of sp³-hybridized carbons (Fsp3) is 0.200. The Labute approximate surface area is 80.5 Å². The van der Waals surface area contributed by atoms with Crippen LogP contribution >= 0.6 is 0 Å². The van der Waals surface area contributed by atoms with Crippen LogP contribution in [0.4, 0.5) is 0 Å². The Morgan fingerprint density at radius 3 is 2.93 bits per heavy atom. The molecule has 14 heavy (non-hydrogen) atoms. The first-order valence-corrected chi connectivity index (χ1v) is 4.14. The van der Waals surface area contributed by atoms with E-state index in [1.165, 1.54) is 20.4 Å². The average molecular weight is 191 g/mol. The normalized spacial score (nSPS) is 10.4. The molecule has 0 aliphatic carbocycles. The second kappa shape index (κ2) is 3.14. The average Bonchev–Trinajstić information content (AvgIpc) is 2.63. The Bertz CT molecular complexity index is 487. The van der Waals surface area contributed by atoms with Crippen LogP contribution in [0.2, 0.25) is 0 Å². The molecule has 0 aliphatic rings. The SMILES string of the molecule is COc1cc(C(C)=O)cc2ncoc12.